The molecule has 0 aliphatic carbocycles. The first-order valence-corrected chi connectivity index (χ1v) is 6.40. The summed E-state index contributed by atoms with van der Waals surface area (Å²) < 4.78 is 0. The van der Waals surface area contributed by atoms with Gasteiger partial charge in [-0.1, -0.05) is 19.9 Å². The van der Waals surface area contributed by atoms with Gasteiger partial charge in [-0.25, -0.2) is 4.98 Å². The Labute approximate surface area is 112 Å². The molecule has 3 N–H and O–H groups in total. The molecule has 1 aromatic heterocycles. The van der Waals surface area contributed by atoms with Gasteiger partial charge in [0.2, 0.25) is 0 Å². The first kappa shape index (κ1) is 13.5. The lowest BCUT2D eigenvalue weighted by Crippen LogP contribution is -2.24. The lowest BCUT2D eigenvalue weighted by atomic mass is 10.1. The number of carbonyl (C=O) groups is 1. The Morgan fingerprint density at radius 2 is 2.21 bits per heavy atom. The van der Waals surface area contributed by atoms with Crippen LogP contribution in [-0.4, -0.2) is 28.1 Å². The number of carboxylic acid groups (broad SMARTS) is 1. The number of aromatic nitrogens is 2. The molecule has 2 rings (SSSR count). The first-order valence-electron chi connectivity index (χ1n) is 6.40. The van der Waals surface area contributed by atoms with Crippen LogP contribution >= 0.6 is 0 Å². The number of imidazole rings is 1. The van der Waals surface area contributed by atoms with Crippen LogP contribution in [0, 0.1) is 5.92 Å². The second-order valence-electron chi connectivity index (χ2n) is 5.12. The largest absolute Gasteiger partial charge is 0.480 e. The number of nitrogens with one attached hydrogen (secondary N) is 2. The molecule has 19 heavy (non-hydrogen) atoms. The van der Waals surface area contributed by atoms with E-state index < -0.39 is 12.0 Å². The highest BCUT2D eigenvalue weighted by Gasteiger charge is 2.18. The maximum atomic E-state index is 11.1. The van der Waals surface area contributed by atoms with E-state index in [2.05, 4.69) is 29.1 Å². The van der Waals surface area contributed by atoms with Crippen molar-refractivity contribution in [1.82, 2.24) is 15.3 Å². The first-order chi connectivity index (χ1) is 9.01. The average molecular weight is 261 g/mol. The summed E-state index contributed by atoms with van der Waals surface area (Å²) in [6.07, 6.45) is 0.887. The molecule has 0 saturated heterocycles. The van der Waals surface area contributed by atoms with Gasteiger partial charge < -0.3 is 15.4 Å². The molecule has 102 valence electrons. The molecular weight excluding hydrogens is 242 g/mol. The van der Waals surface area contributed by atoms with Crippen LogP contribution in [0.25, 0.3) is 11.0 Å². The fraction of sp³-hybridized carbons (Fsp3) is 0.429. The van der Waals surface area contributed by atoms with Crippen LogP contribution in [0.1, 0.15) is 31.3 Å². The number of carboxylic acids is 1. The normalized spacial score (nSPS) is 13.1. The molecule has 0 aliphatic rings. The fourth-order valence-corrected chi connectivity index (χ4v) is 2.18. The topological polar surface area (TPSA) is 78.0 Å². The van der Waals surface area contributed by atoms with E-state index in [1.807, 2.05) is 12.1 Å². The Hall–Kier alpha value is -1.88. The molecule has 5 nitrogen and oxygen atoms in total. The summed E-state index contributed by atoms with van der Waals surface area (Å²) >= 11 is 0. The van der Waals surface area contributed by atoms with E-state index in [9.17, 15) is 4.79 Å². The number of fused-ring (bicyclic) bond motifs is 1. The van der Waals surface area contributed by atoms with Gasteiger partial charge in [0.25, 0.3) is 0 Å². The molecule has 1 unspecified atom stereocenters. The Bertz CT molecular complexity index is 589. The van der Waals surface area contributed by atoms with Gasteiger partial charge in [-0.05, 0) is 30.7 Å². The number of hydrogen-bond donors (Lipinski definition) is 3. The van der Waals surface area contributed by atoms with Crippen LogP contribution in [0.4, 0.5) is 0 Å². The van der Waals surface area contributed by atoms with Crippen LogP contribution < -0.4 is 5.32 Å². The third kappa shape index (κ3) is 2.93. The Balaban J connectivity index is 2.37. The molecule has 0 radical (unpaired) electrons. The summed E-state index contributed by atoms with van der Waals surface area (Å²) in [7, 11) is 1.64. The minimum absolute atomic E-state index is 0.532. The summed E-state index contributed by atoms with van der Waals surface area (Å²) in [6, 6.07) is 4.82. The predicted molar refractivity (Wildman–Crippen MR) is 74.1 cm³/mol. The minimum Gasteiger partial charge on any atom is -0.480 e. The van der Waals surface area contributed by atoms with Gasteiger partial charge in [-0.15, -0.1) is 0 Å². The van der Waals surface area contributed by atoms with Gasteiger partial charge in [-0.2, -0.15) is 0 Å². The number of benzene rings is 1. The van der Waals surface area contributed by atoms with Gasteiger partial charge in [0.15, 0.2) is 0 Å². The Kier molecular flexibility index (Phi) is 3.85. The van der Waals surface area contributed by atoms with Crippen molar-refractivity contribution in [2.75, 3.05) is 7.05 Å². The quantitative estimate of drug-likeness (QED) is 0.770. The second-order valence-corrected chi connectivity index (χ2v) is 5.12. The predicted octanol–water partition coefficient (Wildman–Crippen LogP) is 2.11. The summed E-state index contributed by atoms with van der Waals surface area (Å²) in [4.78, 5) is 18.9. The molecule has 0 bridgehead atoms. The number of nitrogens with zero attached hydrogens (tertiary/aromatic N) is 1. The number of H-pyrrole nitrogens is 1. The van der Waals surface area contributed by atoms with Gasteiger partial charge in [0.1, 0.15) is 11.9 Å². The number of rotatable bonds is 5. The molecule has 0 aliphatic heterocycles. The average Bonchev–Trinajstić information content (AvgIpc) is 2.69. The van der Waals surface area contributed by atoms with Crippen molar-refractivity contribution in [2.24, 2.45) is 5.92 Å². The lowest BCUT2D eigenvalue weighted by molar-refractivity contribution is -0.139. The van der Waals surface area contributed by atoms with E-state index in [-0.39, 0.29) is 0 Å². The maximum Gasteiger partial charge on any atom is 0.325 e. The van der Waals surface area contributed by atoms with Crippen molar-refractivity contribution in [1.29, 1.82) is 0 Å². The minimum atomic E-state index is -0.885. The van der Waals surface area contributed by atoms with Gasteiger partial charge in [0, 0.05) is 6.42 Å². The molecule has 1 aromatic carbocycles. The van der Waals surface area contributed by atoms with Gasteiger partial charge in [-0.3, -0.25) is 4.79 Å². The number of hydrogen-bond acceptors (Lipinski definition) is 3. The van der Waals surface area contributed by atoms with Crippen molar-refractivity contribution in [2.45, 2.75) is 26.3 Å². The lowest BCUT2D eigenvalue weighted by Gasteiger charge is -2.10. The van der Waals surface area contributed by atoms with Gasteiger partial charge in [0.05, 0.1) is 11.0 Å². The third-order valence-corrected chi connectivity index (χ3v) is 3.03. The van der Waals surface area contributed by atoms with E-state index >= 15 is 0 Å². The number of likely N-dealkylation sites (N-methyl/N-ethyl adjacent to an activating group) is 1. The number of aromatic amines is 1. The van der Waals surface area contributed by atoms with Crippen LogP contribution in [0.3, 0.4) is 0 Å². The Morgan fingerprint density at radius 1 is 1.47 bits per heavy atom. The van der Waals surface area contributed by atoms with Crippen molar-refractivity contribution < 1.29 is 9.90 Å². The van der Waals surface area contributed by atoms with E-state index in [0.29, 0.717) is 5.92 Å². The zero-order valence-electron chi connectivity index (χ0n) is 11.4. The van der Waals surface area contributed by atoms with Crippen molar-refractivity contribution in [3.8, 4) is 0 Å². The second kappa shape index (κ2) is 5.40. The highest BCUT2D eigenvalue weighted by atomic mass is 16.4. The molecule has 2 aromatic rings. The smallest absolute Gasteiger partial charge is 0.325 e. The molecule has 1 atom stereocenters. The molecule has 5 heteroatoms. The molecule has 0 fully saturated rings. The summed E-state index contributed by atoms with van der Waals surface area (Å²) in [6.45, 7) is 4.28. The summed E-state index contributed by atoms with van der Waals surface area (Å²) in [5.74, 6) is 0.589. The summed E-state index contributed by atoms with van der Waals surface area (Å²) in [5, 5.41) is 11.9. The van der Waals surface area contributed by atoms with Crippen molar-refractivity contribution in [3.63, 3.8) is 0 Å². The zero-order chi connectivity index (χ0) is 14.0. The standard InChI is InChI=1S/C14H19N3O2/c1-8(2)6-12-16-10-5-4-9(7-11(10)17-12)13(15-3)14(18)19/h4-5,7-8,13,15H,6H2,1-3H3,(H,16,17)(H,18,19). The SMILES string of the molecule is CNC(C(=O)O)c1ccc2nc(CC(C)C)[nH]c2c1. The third-order valence-electron chi connectivity index (χ3n) is 3.03. The summed E-state index contributed by atoms with van der Waals surface area (Å²) in [5.41, 5.74) is 2.48. The van der Waals surface area contributed by atoms with Crippen LogP contribution in [0.15, 0.2) is 18.2 Å². The zero-order valence-corrected chi connectivity index (χ0v) is 11.4. The van der Waals surface area contributed by atoms with Crippen LogP contribution in [-0.2, 0) is 11.2 Å². The monoisotopic (exact) mass is 261 g/mol. The number of aliphatic carboxylic acids is 1. The maximum absolute atomic E-state index is 11.1. The van der Waals surface area contributed by atoms with Crippen LogP contribution in [0.5, 0.6) is 0 Å². The molecule has 1 heterocycles. The van der Waals surface area contributed by atoms with E-state index in [0.717, 1.165) is 28.8 Å². The van der Waals surface area contributed by atoms with Crippen molar-refractivity contribution in [3.05, 3.63) is 29.6 Å². The molecule has 0 saturated carbocycles. The molecule has 0 amide bonds. The van der Waals surface area contributed by atoms with E-state index in [1.165, 1.54) is 0 Å². The highest BCUT2D eigenvalue weighted by Crippen LogP contribution is 2.20. The highest BCUT2D eigenvalue weighted by molar-refractivity contribution is 5.80. The fourth-order valence-electron chi connectivity index (χ4n) is 2.18. The Morgan fingerprint density at radius 3 is 2.79 bits per heavy atom. The van der Waals surface area contributed by atoms with E-state index in [1.54, 1.807) is 13.1 Å². The van der Waals surface area contributed by atoms with Crippen molar-refractivity contribution >= 4 is 17.0 Å². The molecular formula is C14H19N3O2. The van der Waals surface area contributed by atoms with E-state index in [4.69, 9.17) is 5.11 Å². The van der Waals surface area contributed by atoms with Crippen LogP contribution in [0.2, 0.25) is 0 Å². The molecule has 0 spiro atoms. The van der Waals surface area contributed by atoms with Gasteiger partial charge >= 0.3 is 5.97 Å².